The third kappa shape index (κ3) is 4.31. The van der Waals surface area contributed by atoms with Gasteiger partial charge in [0.25, 0.3) is 0 Å². The van der Waals surface area contributed by atoms with Gasteiger partial charge in [-0.15, -0.1) is 0 Å². The van der Waals surface area contributed by atoms with Crippen molar-refractivity contribution in [3.63, 3.8) is 0 Å². The highest BCUT2D eigenvalue weighted by Crippen LogP contribution is 2.26. The Morgan fingerprint density at radius 3 is 2.95 bits per heavy atom. The number of nitrogens with zero attached hydrogens (tertiary/aromatic N) is 2. The molecule has 0 aromatic carbocycles. The highest BCUT2D eigenvalue weighted by Gasteiger charge is 2.21. The van der Waals surface area contributed by atoms with Crippen LogP contribution in [0, 0.1) is 5.92 Å². The maximum Gasteiger partial charge on any atom is 0.147 e. The van der Waals surface area contributed by atoms with Crippen LogP contribution in [0.3, 0.4) is 0 Å². The Morgan fingerprint density at radius 1 is 1.43 bits per heavy atom. The van der Waals surface area contributed by atoms with Crippen molar-refractivity contribution in [1.82, 2.24) is 10.3 Å². The molecule has 0 spiro atoms. The van der Waals surface area contributed by atoms with E-state index < -0.39 is 0 Å². The minimum atomic E-state index is 0.581. The number of anilines is 1. The predicted octanol–water partition coefficient (Wildman–Crippen LogP) is 2.85. The van der Waals surface area contributed by atoms with E-state index in [2.05, 4.69) is 22.2 Å². The van der Waals surface area contributed by atoms with Crippen molar-refractivity contribution in [3.8, 4) is 0 Å². The molecule has 1 aromatic heterocycles. The molecule has 1 atom stereocenters. The van der Waals surface area contributed by atoms with Crippen LogP contribution in [0.4, 0.5) is 5.82 Å². The van der Waals surface area contributed by atoms with Gasteiger partial charge >= 0.3 is 0 Å². The summed E-state index contributed by atoms with van der Waals surface area (Å²) in [4.78, 5) is 6.71. The molecule has 1 N–H and O–H groups in total. The summed E-state index contributed by atoms with van der Waals surface area (Å²) in [7, 11) is 2.06. The van der Waals surface area contributed by atoms with E-state index in [1.165, 1.54) is 19.3 Å². The molecular weight excluding hydrogens is 286 g/mol. The molecule has 1 aliphatic carbocycles. The van der Waals surface area contributed by atoms with Crippen molar-refractivity contribution in [1.29, 1.82) is 0 Å². The van der Waals surface area contributed by atoms with Gasteiger partial charge in [0, 0.05) is 39.0 Å². The Hall–Kier alpha value is -0.840. The largest absolute Gasteiger partial charge is 0.381 e. The molecule has 1 aliphatic heterocycles. The molecule has 21 heavy (non-hydrogen) atoms. The van der Waals surface area contributed by atoms with Crippen molar-refractivity contribution in [2.45, 2.75) is 38.3 Å². The van der Waals surface area contributed by atoms with Gasteiger partial charge in [0.15, 0.2) is 0 Å². The van der Waals surface area contributed by atoms with E-state index in [0.717, 1.165) is 49.1 Å². The summed E-state index contributed by atoms with van der Waals surface area (Å²) in [5, 5.41) is 4.23. The summed E-state index contributed by atoms with van der Waals surface area (Å²) in [6, 6.07) is 2.74. The van der Waals surface area contributed by atoms with Gasteiger partial charge in [-0.05, 0) is 43.2 Å². The van der Waals surface area contributed by atoms with Gasteiger partial charge in [-0.25, -0.2) is 4.98 Å². The first-order chi connectivity index (χ1) is 10.2. The highest BCUT2D eigenvalue weighted by molar-refractivity contribution is 6.33. The van der Waals surface area contributed by atoms with Crippen LogP contribution in [0.15, 0.2) is 12.3 Å². The van der Waals surface area contributed by atoms with Crippen molar-refractivity contribution < 1.29 is 4.74 Å². The fourth-order valence-electron chi connectivity index (χ4n) is 2.82. The Balaban J connectivity index is 1.57. The molecule has 2 aliphatic rings. The van der Waals surface area contributed by atoms with E-state index in [0.29, 0.717) is 12.0 Å². The molecule has 5 heteroatoms. The molecular formula is C16H24ClN3O. The van der Waals surface area contributed by atoms with Crippen molar-refractivity contribution in [2.24, 2.45) is 5.92 Å². The van der Waals surface area contributed by atoms with Crippen molar-refractivity contribution >= 4 is 17.4 Å². The number of halogens is 1. The zero-order valence-corrected chi connectivity index (χ0v) is 13.4. The maximum atomic E-state index is 6.41. The number of hydrogen-bond acceptors (Lipinski definition) is 4. The second kappa shape index (κ2) is 6.95. The summed E-state index contributed by atoms with van der Waals surface area (Å²) in [6.45, 7) is 3.57. The summed E-state index contributed by atoms with van der Waals surface area (Å²) in [5.41, 5.74) is 1.16. The smallest absolute Gasteiger partial charge is 0.147 e. The normalized spacial score (nSPS) is 22.3. The highest BCUT2D eigenvalue weighted by atomic mass is 35.5. The van der Waals surface area contributed by atoms with Gasteiger partial charge in [-0.2, -0.15) is 0 Å². The number of ether oxygens (including phenoxy) is 1. The van der Waals surface area contributed by atoms with Gasteiger partial charge in [0.2, 0.25) is 0 Å². The third-order valence-corrected chi connectivity index (χ3v) is 4.48. The van der Waals surface area contributed by atoms with Crippen LogP contribution in [0.5, 0.6) is 0 Å². The Kier molecular flexibility index (Phi) is 4.99. The summed E-state index contributed by atoms with van der Waals surface area (Å²) >= 11 is 6.41. The van der Waals surface area contributed by atoms with E-state index >= 15 is 0 Å². The Labute approximate surface area is 131 Å². The van der Waals surface area contributed by atoms with Gasteiger partial charge in [0.05, 0.1) is 11.6 Å². The second-order valence-electron chi connectivity index (χ2n) is 6.27. The number of pyridine rings is 1. The van der Waals surface area contributed by atoms with Crippen LogP contribution in [-0.4, -0.2) is 37.8 Å². The van der Waals surface area contributed by atoms with Crippen molar-refractivity contribution in [3.05, 3.63) is 22.8 Å². The lowest BCUT2D eigenvalue weighted by molar-refractivity contribution is 0.0576. The van der Waals surface area contributed by atoms with Gasteiger partial charge < -0.3 is 15.0 Å². The van der Waals surface area contributed by atoms with Crippen LogP contribution in [0.2, 0.25) is 5.02 Å². The monoisotopic (exact) mass is 309 g/mol. The molecule has 0 radical (unpaired) electrons. The summed E-state index contributed by atoms with van der Waals surface area (Å²) < 4.78 is 5.54. The number of hydrogen-bond donors (Lipinski definition) is 1. The second-order valence-corrected chi connectivity index (χ2v) is 6.68. The first kappa shape index (κ1) is 15.1. The van der Waals surface area contributed by atoms with E-state index in [9.17, 15) is 0 Å². The van der Waals surface area contributed by atoms with E-state index in [-0.39, 0.29) is 0 Å². The molecule has 3 rings (SSSR count). The lowest BCUT2D eigenvalue weighted by Crippen LogP contribution is -2.31. The average Bonchev–Trinajstić information content (AvgIpc) is 3.30. The van der Waals surface area contributed by atoms with Crippen LogP contribution in [0.1, 0.15) is 31.2 Å². The fourth-order valence-corrected chi connectivity index (χ4v) is 3.16. The van der Waals surface area contributed by atoms with E-state index in [1.54, 1.807) is 0 Å². The number of rotatable bonds is 6. The average molecular weight is 310 g/mol. The van der Waals surface area contributed by atoms with Crippen LogP contribution in [-0.2, 0) is 11.3 Å². The zero-order valence-electron chi connectivity index (χ0n) is 12.6. The van der Waals surface area contributed by atoms with E-state index in [1.807, 2.05) is 12.3 Å². The Morgan fingerprint density at radius 2 is 2.29 bits per heavy atom. The molecule has 2 fully saturated rings. The van der Waals surface area contributed by atoms with Crippen LogP contribution in [0.25, 0.3) is 0 Å². The molecule has 0 amide bonds. The number of aromatic nitrogens is 1. The first-order valence-corrected chi connectivity index (χ1v) is 8.27. The maximum absolute atomic E-state index is 6.41. The van der Waals surface area contributed by atoms with E-state index in [4.69, 9.17) is 16.3 Å². The SMILES string of the molecule is CN(CC1CCCOC1)c1ncc(CNC2CC2)cc1Cl. The lowest BCUT2D eigenvalue weighted by Gasteiger charge is -2.28. The minimum absolute atomic E-state index is 0.581. The molecule has 1 saturated carbocycles. The van der Waals surface area contributed by atoms with Gasteiger partial charge in [-0.3, -0.25) is 0 Å². The standard InChI is InChI=1S/C16H24ClN3O/c1-20(10-12-3-2-6-21-11-12)16-15(17)7-13(9-19-16)8-18-14-4-5-14/h7,9,12,14,18H,2-6,8,10-11H2,1H3. The molecule has 116 valence electrons. The van der Waals surface area contributed by atoms with Crippen LogP contribution < -0.4 is 10.2 Å². The predicted molar refractivity (Wildman–Crippen MR) is 85.9 cm³/mol. The molecule has 1 saturated heterocycles. The summed E-state index contributed by atoms with van der Waals surface area (Å²) in [5.74, 6) is 1.45. The lowest BCUT2D eigenvalue weighted by atomic mass is 10.0. The minimum Gasteiger partial charge on any atom is -0.381 e. The molecule has 1 unspecified atom stereocenters. The Bertz CT molecular complexity index is 473. The molecule has 1 aromatic rings. The topological polar surface area (TPSA) is 37.4 Å². The molecule has 4 nitrogen and oxygen atoms in total. The zero-order chi connectivity index (χ0) is 14.7. The van der Waals surface area contributed by atoms with Crippen molar-refractivity contribution in [2.75, 3.05) is 31.7 Å². The van der Waals surface area contributed by atoms with Gasteiger partial charge in [-0.1, -0.05) is 11.6 Å². The quantitative estimate of drug-likeness (QED) is 0.877. The first-order valence-electron chi connectivity index (χ1n) is 7.89. The third-order valence-electron chi connectivity index (χ3n) is 4.20. The summed E-state index contributed by atoms with van der Waals surface area (Å²) in [6.07, 6.45) is 6.91. The fraction of sp³-hybridized carbons (Fsp3) is 0.688. The number of nitrogens with one attached hydrogen (secondary N) is 1. The van der Waals surface area contributed by atoms with Gasteiger partial charge in [0.1, 0.15) is 5.82 Å². The van der Waals surface area contributed by atoms with Crippen LogP contribution >= 0.6 is 11.6 Å². The molecule has 2 heterocycles. The molecule has 0 bridgehead atoms.